The molecular formula is C8H9NO2. The number of nitrogens with zero attached hydrogens (tertiary/aromatic N) is 1. The van der Waals surface area contributed by atoms with Crippen LogP contribution in [0, 0.1) is 0 Å². The van der Waals surface area contributed by atoms with Gasteiger partial charge in [0.1, 0.15) is 0 Å². The minimum atomic E-state index is -1.07. The van der Waals surface area contributed by atoms with Crippen LogP contribution >= 0.6 is 0 Å². The van der Waals surface area contributed by atoms with Crippen molar-refractivity contribution in [1.29, 1.82) is 0 Å². The number of pyridine rings is 1. The zero-order valence-corrected chi connectivity index (χ0v) is 6.19. The van der Waals surface area contributed by atoms with Crippen LogP contribution in [0.1, 0.15) is 18.7 Å². The monoisotopic (exact) mass is 151 g/mol. The second-order valence-corrected chi connectivity index (χ2v) is 2.27. The summed E-state index contributed by atoms with van der Waals surface area (Å²) in [5.74, 6) is -0.288. The molecule has 1 unspecified atom stereocenters. The van der Waals surface area contributed by atoms with Crippen molar-refractivity contribution < 1.29 is 9.90 Å². The second kappa shape index (κ2) is 3.25. The Bertz CT molecular complexity index is 246. The fourth-order valence-corrected chi connectivity index (χ4v) is 0.746. The molecule has 0 saturated carbocycles. The molecule has 0 aliphatic carbocycles. The molecule has 0 bridgehead atoms. The molecule has 0 spiro atoms. The van der Waals surface area contributed by atoms with Crippen molar-refractivity contribution >= 4 is 5.78 Å². The van der Waals surface area contributed by atoms with Gasteiger partial charge in [-0.3, -0.25) is 9.78 Å². The van der Waals surface area contributed by atoms with Gasteiger partial charge in [-0.2, -0.15) is 0 Å². The van der Waals surface area contributed by atoms with Gasteiger partial charge < -0.3 is 5.11 Å². The third kappa shape index (κ3) is 1.85. The lowest BCUT2D eigenvalue weighted by molar-refractivity contribution is -0.125. The molecule has 1 aromatic heterocycles. The van der Waals surface area contributed by atoms with Gasteiger partial charge in [-0.25, -0.2) is 0 Å². The van der Waals surface area contributed by atoms with Crippen LogP contribution in [0.25, 0.3) is 0 Å². The molecular weight excluding hydrogens is 142 g/mol. The van der Waals surface area contributed by atoms with Crippen molar-refractivity contribution in [2.45, 2.75) is 13.0 Å². The van der Waals surface area contributed by atoms with Crippen LogP contribution in [0.2, 0.25) is 0 Å². The van der Waals surface area contributed by atoms with Crippen molar-refractivity contribution in [2.75, 3.05) is 0 Å². The summed E-state index contributed by atoms with van der Waals surface area (Å²) in [5, 5.41) is 9.19. The highest BCUT2D eigenvalue weighted by Crippen LogP contribution is 2.08. The summed E-state index contributed by atoms with van der Waals surface area (Å²) in [6.45, 7) is 1.33. The number of aromatic nitrogens is 1. The molecule has 1 heterocycles. The number of aliphatic hydroxyl groups excluding tert-OH is 1. The highest BCUT2D eigenvalue weighted by molar-refractivity contribution is 5.80. The molecule has 0 aliphatic heterocycles. The molecule has 58 valence electrons. The van der Waals surface area contributed by atoms with E-state index in [1.54, 1.807) is 24.4 Å². The van der Waals surface area contributed by atoms with Gasteiger partial charge in [0.15, 0.2) is 11.9 Å². The van der Waals surface area contributed by atoms with Crippen LogP contribution in [-0.4, -0.2) is 15.9 Å². The summed E-state index contributed by atoms with van der Waals surface area (Å²) in [6, 6.07) is 5.08. The average Bonchev–Trinajstić information content (AvgIpc) is 2.05. The first kappa shape index (κ1) is 7.88. The maximum atomic E-state index is 10.7. The molecule has 11 heavy (non-hydrogen) atoms. The number of ketones is 1. The van der Waals surface area contributed by atoms with E-state index in [9.17, 15) is 9.90 Å². The topological polar surface area (TPSA) is 50.2 Å². The third-order valence-corrected chi connectivity index (χ3v) is 1.35. The zero-order valence-electron chi connectivity index (χ0n) is 6.19. The van der Waals surface area contributed by atoms with Crippen LogP contribution < -0.4 is 0 Å². The number of hydrogen-bond acceptors (Lipinski definition) is 3. The second-order valence-electron chi connectivity index (χ2n) is 2.27. The largest absolute Gasteiger partial charge is 0.379 e. The Morgan fingerprint density at radius 3 is 2.82 bits per heavy atom. The Kier molecular flexibility index (Phi) is 2.33. The number of rotatable bonds is 2. The van der Waals surface area contributed by atoms with E-state index in [2.05, 4.69) is 4.98 Å². The number of carbonyl (C=O) groups excluding carboxylic acids is 1. The molecule has 3 heteroatoms. The minimum absolute atomic E-state index is 0.288. The third-order valence-electron chi connectivity index (χ3n) is 1.35. The van der Waals surface area contributed by atoms with Crippen molar-refractivity contribution in [3.8, 4) is 0 Å². The fourth-order valence-electron chi connectivity index (χ4n) is 0.746. The summed E-state index contributed by atoms with van der Waals surface area (Å²) in [6.07, 6.45) is 0.470. The van der Waals surface area contributed by atoms with Crippen molar-refractivity contribution in [3.63, 3.8) is 0 Å². The predicted molar refractivity (Wildman–Crippen MR) is 39.9 cm³/mol. The molecule has 0 aromatic carbocycles. The van der Waals surface area contributed by atoms with Crippen LogP contribution in [0.5, 0.6) is 0 Å². The van der Waals surface area contributed by atoms with Crippen molar-refractivity contribution in [2.24, 2.45) is 0 Å². The number of carbonyl (C=O) groups is 1. The van der Waals surface area contributed by atoms with Gasteiger partial charge in [0, 0.05) is 6.20 Å². The summed E-state index contributed by atoms with van der Waals surface area (Å²) in [7, 11) is 0. The van der Waals surface area contributed by atoms with Gasteiger partial charge in [0.25, 0.3) is 0 Å². The van der Waals surface area contributed by atoms with Gasteiger partial charge in [0.05, 0.1) is 5.69 Å². The minimum Gasteiger partial charge on any atom is -0.379 e. The predicted octanol–water partition coefficient (Wildman–Crippen LogP) is 0.704. The standard InChI is InChI=1S/C8H9NO2/c1-6(10)8(11)7-4-2-3-5-9-7/h2-5,8,11H,1H3. The van der Waals surface area contributed by atoms with E-state index in [1.807, 2.05) is 0 Å². The Morgan fingerprint density at radius 1 is 1.64 bits per heavy atom. The zero-order chi connectivity index (χ0) is 8.27. The van der Waals surface area contributed by atoms with E-state index in [0.717, 1.165) is 0 Å². The molecule has 1 N–H and O–H groups in total. The average molecular weight is 151 g/mol. The fraction of sp³-hybridized carbons (Fsp3) is 0.250. The van der Waals surface area contributed by atoms with E-state index in [1.165, 1.54) is 6.92 Å². The van der Waals surface area contributed by atoms with Crippen molar-refractivity contribution in [3.05, 3.63) is 30.1 Å². The van der Waals surface area contributed by atoms with Crippen LogP contribution in [-0.2, 0) is 4.79 Å². The van der Waals surface area contributed by atoms with E-state index < -0.39 is 6.10 Å². The maximum Gasteiger partial charge on any atom is 0.164 e. The highest BCUT2D eigenvalue weighted by atomic mass is 16.3. The maximum absolute atomic E-state index is 10.7. The Morgan fingerprint density at radius 2 is 2.36 bits per heavy atom. The Labute approximate surface area is 64.7 Å². The quantitative estimate of drug-likeness (QED) is 0.677. The molecule has 0 saturated heterocycles. The Hall–Kier alpha value is -1.22. The van der Waals surface area contributed by atoms with Gasteiger partial charge >= 0.3 is 0 Å². The number of aliphatic hydroxyl groups is 1. The normalized spacial score (nSPS) is 12.5. The van der Waals surface area contributed by atoms with Crippen LogP contribution in [0.4, 0.5) is 0 Å². The molecule has 1 rings (SSSR count). The molecule has 0 radical (unpaired) electrons. The molecule has 0 amide bonds. The summed E-state index contributed by atoms with van der Waals surface area (Å²) >= 11 is 0. The highest BCUT2D eigenvalue weighted by Gasteiger charge is 2.12. The van der Waals surface area contributed by atoms with Gasteiger partial charge in [-0.15, -0.1) is 0 Å². The first-order valence-electron chi connectivity index (χ1n) is 3.31. The lowest BCUT2D eigenvalue weighted by Gasteiger charge is -2.03. The smallest absolute Gasteiger partial charge is 0.164 e. The van der Waals surface area contributed by atoms with Crippen LogP contribution in [0.15, 0.2) is 24.4 Å². The van der Waals surface area contributed by atoms with Gasteiger partial charge in [-0.05, 0) is 19.1 Å². The SMILES string of the molecule is CC(=O)C(O)c1ccccn1. The number of Topliss-reactive ketones (excluding diaryl/α,β-unsaturated/α-hetero) is 1. The lowest BCUT2D eigenvalue weighted by atomic mass is 10.2. The summed E-state index contributed by atoms with van der Waals surface area (Å²) < 4.78 is 0. The molecule has 3 nitrogen and oxygen atoms in total. The molecule has 1 aromatic rings. The van der Waals surface area contributed by atoms with Gasteiger partial charge in [0.2, 0.25) is 0 Å². The number of hydrogen-bond donors (Lipinski definition) is 1. The summed E-state index contributed by atoms with van der Waals surface area (Å²) in [4.78, 5) is 14.5. The van der Waals surface area contributed by atoms with E-state index >= 15 is 0 Å². The van der Waals surface area contributed by atoms with Crippen LogP contribution in [0.3, 0.4) is 0 Å². The van der Waals surface area contributed by atoms with E-state index in [-0.39, 0.29) is 5.78 Å². The first-order valence-corrected chi connectivity index (χ1v) is 3.31. The van der Waals surface area contributed by atoms with E-state index in [0.29, 0.717) is 5.69 Å². The first-order chi connectivity index (χ1) is 5.22. The Balaban J connectivity index is 2.85. The molecule has 0 aliphatic rings. The summed E-state index contributed by atoms with van der Waals surface area (Å²) in [5.41, 5.74) is 0.403. The molecule has 1 atom stereocenters. The lowest BCUT2D eigenvalue weighted by Crippen LogP contribution is -2.08. The van der Waals surface area contributed by atoms with E-state index in [4.69, 9.17) is 0 Å². The van der Waals surface area contributed by atoms with Crippen molar-refractivity contribution in [1.82, 2.24) is 4.98 Å². The molecule has 0 fully saturated rings. The van der Waals surface area contributed by atoms with Gasteiger partial charge in [-0.1, -0.05) is 6.07 Å².